The second kappa shape index (κ2) is 55.1. The van der Waals surface area contributed by atoms with Crippen LogP contribution in [0.25, 0.3) is 0 Å². The fourth-order valence-corrected chi connectivity index (χ4v) is 7.97. The molecule has 8 nitrogen and oxygen atoms in total. The van der Waals surface area contributed by atoms with Crippen molar-refractivity contribution in [2.45, 2.75) is 219 Å². The molecule has 0 spiro atoms. The molecule has 76 heavy (non-hydrogen) atoms. The van der Waals surface area contributed by atoms with Crippen molar-refractivity contribution >= 4 is 12.2 Å². The molecule has 2 amide bonds. The van der Waals surface area contributed by atoms with Crippen molar-refractivity contribution in [3.63, 3.8) is 0 Å². The van der Waals surface area contributed by atoms with Gasteiger partial charge in [0.05, 0.1) is 13.2 Å². The lowest BCUT2D eigenvalue weighted by molar-refractivity contribution is 0.155. The van der Waals surface area contributed by atoms with Crippen LogP contribution in [-0.2, 0) is 18.9 Å². The Morgan fingerprint density at radius 1 is 0.329 bits per heavy atom. The predicted octanol–water partition coefficient (Wildman–Crippen LogP) is 15.0. The van der Waals surface area contributed by atoms with Crippen molar-refractivity contribution in [2.75, 3.05) is 53.7 Å². The van der Waals surface area contributed by atoms with Gasteiger partial charge >= 0.3 is 12.2 Å². The molecule has 1 rings (SSSR count). The van der Waals surface area contributed by atoms with Crippen molar-refractivity contribution in [1.29, 1.82) is 0 Å². The monoisotopic (exact) mass is 1030 g/mol. The normalized spacial score (nSPS) is 14.6. The van der Waals surface area contributed by atoms with E-state index in [-0.39, 0.29) is 26.4 Å². The topological polar surface area (TPSA) is 95.1 Å². The standard InChI is InChI=1S/C68H94N2O6/c1-5-7-9-11-13-15-17-19-21-23-25-27-29-31-37-47-57-69-67(71)75-61-65-51-41-35-33-39-49-63(59-73-3)53-43-44-54-64(60-74-4)50-40-34-36-42-52-66(56-46-45-55-65)62-76-68(72)70-58-48-38-32-30-28-26-24-22-20-18-16-14-12-10-8-6-2/h49-52H,5-32,37-38,47-48,57-62H2,1-4H3,(H,69,71)(H,70,72)/b63-49-,64-50+,65-51+,66-52+. The van der Waals surface area contributed by atoms with Crippen molar-refractivity contribution < 1.29 is 28.5 Å². The van der Waals surface area contributed by atoms with Gasteiger partial charge in [-0.1, -0.05) is 254 Å². The first kappa shape index (κ1) is 67.9. The highest BCUT2D eigenvalue weighted by molar-refractivity contribution is 5.68. The van der Waals surface area contributed by atoms with E-state index in [0.717, 1.165) is 38.5 Å². The van der Waals surface area contributed by atoms with Crippen LogP contribution in [0.2, 0.25) is 0 Å². The molecular formula is C68H94N2O6. The number of nitrogens with one attached hydrogen (secondary N) is 2. The zero-order valence-corrected chi connectivity index (χ0v) is 47.6. The molecule has 0 aromatic rings. The smallest absolute Gasteiger partial charge is 0.407 e. The number of allylic oxidation sites excluding steroid dienone is 4. The lowest BCUT2D eigenvalue weighted by atomic mass is 10.0. The van der Waals surface area contributed by atoms with E-state index in [1.807, 2.05) is 0 Å². The summed E-state index contributed by atoms with van der Waals surface area (Å²) >= 11 is 0. The number of hydrogen-bond acceptors (Lipinski definition) is 6. The molecule has 0 aromatic carbocycles. The largest absolute Gasteiger partial charge is 0.444 e. The van der Waals surface area contributed by atoms with Gasteiger partial charge in [-0.05, 0) is 60.2 Å². The number of carbonyl (C=O) groups is 2. The van der Waals surface area contributed by atoms with Crippen LogP contribution in [0, 0.1) is 94.7 Å². The summed E-state index contributed by atoms with van der Waals surface area (Å²) in [7, 11) is 3.14. The molecule has 0 saturated heterocycles. The summed E-state index contributed by atoms with van der Waals surface area (Å²) in [4.78, 5) is 25.3. The molecule has 8 heteroatoms. The number of ether oxygens (including phenoxy) is 4. The Bertz CT molecular complexity index is 2080. The molecule has 0 saturated carbocycles. The number of unbranched alkanes of at least 4 members (excludes halogenated alkanes) is 30. The maximum Gasteiger partial charge on any atom is 0.407 e. The van der Waals surface area contributed by atoms with Gasteiger partial charge in [-0.2, -0.15) is 0 Å². The number of hydrogen-bond donors (Lipinski definition) is 2. The minimum atomic E-state index is -0.531. The maximum absolute atomic E-state index is 12.7. The molecule has 0 fully saturated rings. The van der Waals surface area contributed by atoms with Crippen LogP contribution in [0.1, 0.15) is 219 Å². The molecule has 0 radical (unpaired) electrons. The third-order valence-electron chi connectivity index (χ3n) is 12.3. The van der Waals surface area contributed by atoms with Crippen molar-refractivity contribution in [3.8, 4) is 94.7 Å². The lowest BCUT2D eigenvalue weighted by Crippen LogP contribution is -2.26. The van der Waals surface area contributed by atoms with Gasteiger partial charge < -0.3 is 29.6 Å². The lowest BCUT2D eigenvalue weighted by Gasteiger charge is -2.07. The fraction of sp³-hybridized carbons (Fsp3) is 0.618. The summed E-state index contributed by atoms with van der Waals surface area (Å²) in [6, 6.07) is 0. The van der Waals surface area contributed by atoms with Gasteiger partial charge in [0.25, 0.3) is 0 Å². The van der Waals surface area contributed by atoms with Crippen LogP contribution in [0.5, 0.6) is 0 Å². The van der Waals surface area contributed by atoms with Crippen molar-refractivity contribution in [1.82, 2.24) is 10.6 Å². The van der Waals surface area contributed by atoms with E-state index in [1.54, 1.807) is 38.5 Å². The molecule has 1 aliphatic rings. The third kappa shape index (κ3) is 47.6. The minimum Gasteiger partial charge on any atom is -0.444 e. The molecule has 0 unspecified atom stereocenters. The predicted molar refractivity (Wildman–Crippen MR) is 316 cm³/mol. The first-order valence-electron chi connectivity index (χ1n) is 29.1. The molecule has 0 heterocycles. The van der Waals surface area contributed by atoms with Gasteiger partial charge in [-0.3, -0.25) is 0 Å². The molecule has 1 aliphatic carbocycles. The first-order chi connectivity index (χ1) is 37.5. The number of amides is 2. The quantitative estimate of drug-likeness (QED) is 0.0467. The van der Waals surface area contributed by atoms with Crippen LogP contribution < -0.4 is 10.6 Å². The molecular weight excluding hydrogens is 941 g/mol. The summed E-state index contributed by atoms with van der Waals surface area (Å²) in [6.45, 7) is 5.87. The van der Waals surface area contributed by atoms with Crippen molar-refractivity contribution in [3.05, 3.63) is 46.6 Å². The molecule has 412 valence electrons. The fourth-order valence-electron chi connectivity index (χ4n) is 7.97. The zero-order chi connectivity index (χ0) is 54.7. The Balaban J connectivity index is 2.85. The molecule has 2 N–H and O–H groups in total. The van der Waals surface area contributed by atoms with Gasteiger partial charge in [0, 0.05) is 73.9 Å². The summed E-state index contributed by atoms with van der Waals surface area (Å²) in [5, 5.41) is 5.70. The van der Waals surface area contributed by atoms with E-state index >= 15 is 0 Å². The van der Waals surface area contributed by atoms with E-state index in [1.165, 1.54) is 167 Å². The summed E-state index contributed by atoms with van der Waals surface area (Å²) < 4.78 is 21.6. The summed E-state index contributed by atoms with van der Waals surface area (Å²) in [5.74, 6) is 45.7. The highest BCUT2D eigenvalue weighted by atomic mass is 16.6. The molecule has 0 aromatic heterocycles. The Morgan fingerprint density at radius 3 is 0.789 bits per heavy atom. The first-order valence-corrected chi connectivity index (χ1v) is 29.1. The van der Waals surface area contributed by atoms with Crippen LogP contribution in [-0.4, -0.2) is 65.9 Å². The van der Waals surface area contributed by atoms with E-state index in [4.69, 9.17) is 18.9 Å². The molecule has 0 atom stereocenters. The van der Waals surface area contributed by atoms with E-state index < -0.39 is 12.2 Å². The van der Waals surface area contributed by atoms with Gasteiger partial charge in [-0.25, -0.2) is 9.59 Å². The Labute approximate surface area is 463 Å². The van der Waals surface area contributed by atoms with E-state index in [9.17, 15) is 9.59 Å². The number of alkyl carbamates (subject to hydrolysis) is 2. The SMILES string of the molecule is CCCCCCCCCCCCCCCCCCNC(=O)OC/C1=C/C#CC#C/C=C(\COC)C#CC#C/C(COC)=C\C#CC#C/C=C(/COC(=O)NCCCCCCCCCCCCCCCCCC)C#CC#C1. The highest BCUT2D eigenvalue weighted by Gasteiger charge is 2.05. The second-order valence-corrected chi connectivity index (χ2v) is 19.2. The average Bonchev–Trinajstić information content (AvgIpc) is 3.42. The summed E-state index contributed by atoms with van der Waals surface area (Å²) in [6.07, 6.45) is 46.6. The van der Waals surface area contributed by atoms with Crippen LogP contribution in [0.4, 0.5) is 9.59 Å². The summed E-state index contributed by atoms with van der Waals surface area (Å²) in [5.41, 5.74) is 2.08. The average molecular weight is 1040 g/mol. The Hall–Kier alpha value is -6.10. The molecule has 0 aliphatic heterocycles. The van der Waals surface area contributed by atoms with Gasteiger partial charge in [0.15, 0.2) is 0 Å². The highest BCUT2D eigenvalue weighted by Crippen LogP contribution is 2.15. The molecule has 0 bridgehead atoms. The second-order valence-electron chi connectivity index (χ2n) is 19.2. The van der Waals surface area contributed by atoms with Gasteiger partial charge in [0.1, 0.15) is 13.2 Å². The van der Waals surface area contributed by atoms with Crippen LogP contribution >= 0.6 is 0 Å². The third-order valence-corrected chi connectivity index (χ3v) is 12.3. The van der Waals surface area contributed by atoms with E-state index in [0.29, 0.717) is 35.4 Å². The zero-order valence-electron chi connectivity index (χ0n) is 47.6. The number of rotatable bonds is 42. The number of methoxy groups -OCH3 is 2. The van der Waals surface area contributed by atoms with Crippen molar-refractivity contribution in [2.24, 2.45) is 0 Å². The minimum absolute atomic E-state index is 0.119. The van der Waals surface area contributed by atoms with Gasteiger partial charge in [0.2, 0.25) is 0 Å². The Kier molecular flexibility index (Phi) is 49.3. The Morgan fingerprint density at radius 2 is 0.553 bits per heavy atom. The van der Waals surface area contributed by atoms with E-state index in [2.05, 4.69) is 119 Å². The van der Waals surface area contributed by atoms with Crippen LogP contribution in [0.15, 0.2) is 46.6 Å². The number of carbonyl (C=O) groups excluding carboxylic acids is 2. The van der Waals surface area contributed by atoms with Gasteiger partial charge in [-0.15, -0.1) is 0 Å². The maximum atomic E-state index is 12.7. The van der Waals surface area contributed by atoms with Crippen LogP contribution in [0.3, 0.4) is 0 Å².